The Morgan fingerprint density at radius 1 is 0.909 bits per heavy atom. The van der Waals surface area contributed by atoms with Crippen LogP contribution in [0.4, 0.5) is 4.79 Å². The first-order valence-corrected chi connectivity index (χ1v) is 11.2. The van der Waals surface area contributed by atoms with Gasteiger partial charge < -0.3 is 34.7 Å². The number of aliphatic carboxylic acids is 1. The Bertz CT molecular complexity index is 591. The van der Waals surface area contributed by atoms with Crippen molar-refractivity contribution in [3.8, 4) is 0 Å². The topological polar surface area (TPSA) is 149 Å². The van der Waals surface area contributed by atoms with Gasteiger partial charge in [0.2, 0.25) is 5.91 Å². The van der Waals surface area contributed by atoms with Crippen molar-refractivity contribution >= 4 is 23.8 Å². The van der Waals surface area contributed by atoms with Crippen molar-refractivity contribution in [3.05, 3.63) is 0 Å². The molecule has 0 unspecified atom stereocenters. The molecule has 0 saturated carbocycles. The maximum Gasteiger partial charge on any atom is 0.408 e. The number of unbranched alkanes of at least 4 members (excludes halogenated alkanes) is 1. The molecule has 0 aliphatic heterocycles. The molecule has 0 heterocycles. The Labute approximate surface area is 195 Å². The molecule has 0 aliphatic carbocycles. The second-order valence-electron chi connectivity index (χ2n) is 8.42. The molecule has 2 amide bonds. The van der Waals surface area contributed by atoms with Crippen LogP contribution in [0.25, 0.3) is 0 Å². The third kappa shape index (κ3) is 20.1. The molecule has 11 nitrogen and oxygen atoms in total. The lowest BCUT2D eigenvalue weighted by atomic mass is 10.0. The van der Waals surface area contributed by atoms with E-state index >= 15 is 0 Å². The highest BCUT2D eigenvalue weighted by molar-refractivity contribution is 5.87. The lowest BCUT2D eigenvalue weighted by Crippen LogP contribution is -2.43. The van der Waals surface area contributed by atoms with Crippen LogP contribution in [0.2, 0.25) is 0 Å². The van der Waals surface area contributed by atoms with Crippen molar-refractivity contribution in [2.75, 3.05) is 46.7 Å². The first kappa shape index (κ1) is 30.8. The fraction of sp³-hybridized carbons (Fsp3) is 0.818. The van der Waals surface area contributed by atoms with Crippen LogP contribution < -0.4 is 10.6 Å². The normalized spacial score (nSPS) is 12.1. The standard InChI is InChI=1S/C22H40N2O9/c1-22(2,3)33-21(29)24-17(18(25)9-7-10-20(27)28)8-5-6-11-23-19(26)16-32-15-14-31-13-12-30-4/h17H,5-16H2,1-4H3,(H,23,26)(H,24,29)(H,27,28)/t17-/m0/s1. The number of ketones is 1. The molecule has 0 bridgehead atoms. The van der Waals surface area contributed by atoms with Gasteiger partial charge in [-0.15, -0.1) is 0 Å². The number of alkyl carbamates (subject to hydrolysis) is 1. The average molecular weight is 477 g/mol. The highest BCUT2D eigenvalue weighted by atomic mass is 16.6. The van der Waals surface area contributed by atoms with Gasteiger partial charge in [0.25, 0.3) is 0 Å². The monoisotopic (exact) mass is 476 g/mol. The minimum atomic E-state index is -0.974. The number of carbonyl (C=O) groups excluding carboxylic acids is 3. The molecule has 0 aromatic rings. The number of ether oxygens (including phenoxy) is 4. The molecular formula is C22H40N2O9. The van der Waals surface area contributed by atoms with E-state index in [4.69, 9.17) is 24.1 Å². The van der Waals surface area contributed by atoms with E-state index < -0.39 is 23.7 Å². The van der Waals surface area contributed by atoms with Gasteiger partial charge in [-0.2, -0.15) is 0 Å². The van der Waals surface area contributed by atoms with Crippen molar-refractivity contribution < 1.29 is 43.2 Å². The zero-order chi connectivity index (χ0) is 25.1. The minimum absolute atomic E-state index is 0.0516. The largest absolute Gasteiger partial charge is 0.481 e. The van der Waals surface area contributed by atoms with E-state index in [1.807, 2.05) is 0 Å². The van der Waals surface area contributed by atoms with Crippen LogP contribution in [0.5, 0.6) is 0 Å². The van der Waals surface area contributed by atoms with Crippen LogP contribution in [-0.2, 0) is 33.3 Å². The third-order valence-electron chi connectivity index (χ3n) is 4.17. The van der Waals surface area contributed by atoms with Gasteiger partial charge in [0, 0.05) is 26.5 Å². The van der Waals surface area contributed by atoms with Crippen LogP contribution in [0.15, 0.2) is 0 Å². The van der Waals surface area contributed by atoms with Crippen molar-refractivity contribution in [1.29, 1.82) is 0 Å². The lowest BCUT2D eigenvalue weighted by molar-refractivity contribution is -0.137. The molecule has 192 valence electrons. The van der Waals surface area contributed by atoms with E-state index in [0.717, 1.165) is 0 Å². The summed E-state index contributed by atoms with van der Waals surface area (Å²) >= 11 is 0. The van der Waals surface area contributed by atoms with E-state index in [0.29, 0.717) is 52.2 Å². The summed E-state index contributed by atoms with van der Waals surface area (Å²) in [7, 11) is 1.59. The molecule has 0 spiro atoms. The maximum absolute atomic E-state index is 12.5. The van der Waals surface area contributed by atoms with Gasteiger partial charge in [-0.1, -0.05) is 0 Å². The molecule has 0 rings (SSSR count). The summed E-state index contributed by atoms with van der Waals surface area (Å²) in [5, 5.41) is 14.0. The number of amides is 2. The highest BCUT2D eigenvalue weighted by Crippen LogP contribution is 2.11. The number of Topliss-reactive ketones (excluding diaryl/α,β-unsaturated/α-hetero) is 1. The summed E-state index contributed by atoms with van der Waals surface area (Å²) in [6.45, 7) is 7.14. The van der Waals surface area contributed by atoms with Gasteiger partial charge in [0.05, 0.1) is 32.5 Å². The number of hydrogen-bond acceptors (Lipinski definition) is 8. The minimum Gasteiger partial charge on any atom is -0.481 e. The molecule has 11 heteroatoms. The average Bonchev–Trinajstić information content (AvgIpc) is 2.70. The fourth-order valence-electron chi connectivity index (χ4n) is 2.63. The van der Waals surface area contributed by atoms with Crippen LogP contribution in [0.1, 0.15) is 59.3 Å². The predicted molar refractivity (Wildman–Crippen MR) is 120 cm³/mol. The number of carboxylic acid groups (broad SMARTS) is 1. The van der Waals surface area contributed by atoms with Crippen LogP contribution in [0.3, 0.4) is 0 Å². The van der Waals surface area contributed by atoms with Crippen molar-refractivity contribution in [2.24, 2.45) is 0 Å². The summed E-state index contributed by atoms with van der Waals surface area (Å²) in [6.07, 6.45) is 0.967. The Balaban J connectivity index is 4.24. The molecule has 0 aromatic heterocycles. The summed E-state index contributed by atoms with van der Waals surface area (Å²) < 4.78 is 20.5. The number of hydrogen-bond donors (Lipinski definition) is 3. The molecule has 33 heavy (non-hydrogen) atoms. The Morgan fingerprint density at radius 3 is 2.21 bits per heavy atom. The molecule has 0 aromatic carbocycles. The van der Waals surface area contributed by atoms with Crippen molar-refractivity contribution in [1.82, 2.24) is 10.6 Å². The van der Waals surface area contributed by atoms with E-state index in [-0.39, 0.29) is 37.6 Å². The predicted octanol–water partition coefficient (Wildman–Crippen LogP) is 1.67. The SMILES string of the molecule is COCCOCCOCC(=O)NCCCC[C@H](NC(=O)OC(C)(C)C)C(=O)CCCC(=O)O. The summed E-state index contributed by atoms with van der Waals surface area (Å²) in [5.74, 6) is -1.47. The molecule has 1 atom stereocenters. The fourth-order valence-corrected chi connectivity index (χ4v) is 2.63. The Hall–Kier alpha value is -2.24. The molecular weight excluding hydrogens is 436 g/mol. The first-order chi connectivity index (χ1) is 15.5. The number of nitrogens with one attached hydrogen (secondary N) is 2. The van der Waals surface area contributed by atoms with Gasteiger partial charge in [0.1, 0.15) is 12.2 Å². The molecule has 3 N–H and O–H groups in total. The number of carboxylic acids is 1. The Morgan fingerprint density at radius 2 is 1.58 bits per heavy atom. The van der Waals surface area contributed by atoms with Crippen molar-refractivity contribution in [2.45, 2.75) is 70.9 Å². The van der Waals surface area contributed by atoms with E-state index in [2.05, 4.69) is 10.6 Å². The van der Waals surface area contributed by atoms with Gasteiger partial charge in [0.15, 0.2) is 5.78 Å². The quantitative estimate of drug-likeness (QED) is 0.237. The second-order valence-corrected chi connectivity index (χ2v) is 8.42. The van der Waals surface area contributed by atoms with Gasteiger partial charge in [-0.3, -0.25) is 14.4 Å². The van der Waals surface area contributed by atoms with Crippen LogP contribution in [-0.4, -0.2) is 87.2 Å². The zero-order valence-corrected chi connectivity index (χ0v) is 20.3. The molecule has 0 aliphatic rings. The van der Waals surface area contributed by atoms with E-state index in [1.165, 1.54) is 0 Å². The smallest absolute Gasteiger partial charge is 0.408 e. The summed E-state index contributed by atoms with van der Waals surface area (Å²) in [6, 6.07) is -0.772. The van der Waals surface area contributed by atoms with Crippen LogP contribution in [0, 0.1) is 0 Å². The molecule has 0 saturated heterocycles. The van der Waals surface area contributed by atoms with Gasteiger partial charge in [-0.25, -0.2) is 4.79 Å². The lowest BCUT2D eigenvalue weighted by Gasteiger charge is -2.23. The Kier molecular flexibility index (Phi) is 17.0. The van der Waals surface area contributed by atoms with Gasteiger partial charge in [-0.05, 0) is 46.5 Å². The molecule has 0 fully saturated rings. The van der Waals surface area contributed by atoms with Crippen LogP contribution >= 0.6 is 0 Å². The summed E-state index contributed by atoms with van der Waals surface area (Å²) in [5.41, 5.74) is -0.705. The maximum atomic E-state index is 12.5. The van der Waals surface area contributed by atoms with Gasteiger partial charge >= 0.3 is 12.1 Å². The third-order valence-corrected chi connectivity index (χ3v) is 4.17. The first-order valence-electron chi connectivity index (χ1n) is 11.2. The second kappa shape index (κ2) is 18.2. The number of rotatable bonds is 19. The number of carbonyl (C=O) groups is 4. The number of methoxy groups -OCH3 is 1. The highest BCUT2D eigenvalue weighted by Gasteiger charge is 2.24. The summed E-state index contributed by atoms with van der Waals surface area (Å²) in [4.78, 5) is 47.0. The van der Waals surface area contributed by atoms with E-state index in [9.17, 15) is 19.2 Å². The molecule has 0 radical (unpaired) electrons. The van der Waals surface area contributed by atoms with Crippen molar-refractivity contribution in [3.63, 3.8) is 0 Å². The van der Waals surface area contributed by atoms with E-state index in [1.54, 1.807) is 27.9 Å². The zero-order valence-electron chi connectivity index (χ0n) is 20.3.